The number of ether oxygens (including phenoxy) is 1. The normalized spacial score (nSPS) is 14.6. The lowest BCUT2D eigenvalue weighted by Gasteiger charge is -2.19. The second kappa shape index (κ2) is 4.09. The SMILES string of the molecule is COC(=O)[C@@](C)(Br)c1ccc(F)cc1. The Morgan fingerprint density at radius 3 is 2.36 bits per heavy atom. The van der Waals surface area contributed by atoms with Gasteiger partial charge in [-0.1, -0.05) is 28.1 Å². The van der Waals surface area contributed by atoms with Gasteiger partial charge in [-0.2, -0.15) is 0 Å². The first kappa shape index (κ1) is 11.2. The van der Waals surface area contributed by atoms with Gasteiger partial charge in [0, 0.05) is 0 Å². The lowest BCUT2D eigenvalue weighted by atomic mass is 10.0. The van der Waals surface area contributed by atoms with Crippen LogP contribution in [0.5, 0.6) is 0 Å². The molecule has 1 atom stereocenters. The molecule has 0 unspecified atom stereocenters. The van der Waals surface area contributed by atoms with E-state index in [4.69, 9.17) is 0 Å². The van der Waals surface area contributed by atoms with Gasteiger partial charge in [0.15, 0.2) is 0 Å². The van der Waals surface area contributed by atoms with E-state index in [9.17, 15) is 9.18 Å². The monoisotopic (exact) mass is 260 g/mol. The molecule has 0 aromatic heterocycles. The topological polar surface area (TPSA) is 26.3 Å². The third kappa shape index (κ3) is 2.12. The average molecular weight is 261 g/mol. The minimum Gasteiger partial charge on any atom is -0.468 e. The molecule has 0 saturated carbocycles. The summed E-state index contributed by atoms with van der Waals surface area (Å²) in [4.78, 5) is 11.4. The van der Waals surface area contributed by atoms with Gasteiger partial charge in [0.05, 0.1) is 7.11 Å². The summed E-state index contributed by atoms with van der Waals surface area (Å²) in [6.07, 6.45) is 0. The summed E-state index contributed by atoms with van der Waals surface area (Å²) in [5.41, 5.74) is 0.658. The van der Waals surface area contributed by atoms with Crippen LogP contribution in [0.4, 0.5) is 4.39 Å². The highest BCUT2D eigenvalue weighted by Crippen LogP contribution is 2.31. The van der Waals surface area contributed by atoms with E-state index in [1.54, 1.807) is 19.1 Å². The number of rotatable bonds is 2. The number of carbonyl (C=O) groups excluding carboxylic acids is 1. The highest BCUT2D eigenvalue weighted by Gasteiger charge is 2.33. The van der Waals surface area contributed by atoms with Crippen molar-refractivity contribution in [3.8, 4) is 0 Å². The number of carbonyl (C=O) groups is 1. The highest BCUT2D eigenvalue weighted by atomic mass is 79.9. The number of hydrogen-bond acceptors (Lipinski definition) is 2. The molecular formula is C10H10BrFO2. The lowest BCUT2D eigenvalue weighted by Crippen LogP contribution is -2.26. The maximum atomic E-state index is 12.6. The molecule has 0 aliphatic carbocycles. The largest absolute Gasteiger partial charge is 0.468 e. The number of alkyl halides is 1. The summed E-state index contributed by atoms with van der Waals surface area (Å²) in [6, 6.07) is 5.69. The van der Waals surface area contributed by atoms with Crippen molar-refractivity contribution in [3.63, 3.8) is 0 Å². The van der Waals surface area contributed by atoms with Crippen LogP contribution in [0, 0.1) is 5.82 Å². The Morgan fingerprint density at radius 1 is 1.43 bits per heavy atom. The van der Waals surface area contributed by atoms with Gasteiger partial charge in [-0.3, -0.25) is 4.79 Å². The molecule has 0 fully saturated rings. The summed E-state index contributed by atoms with van der Waals surface area (Å²) >= 11 is 3.24. The van der Waals surface area contributed by atoms with Crippen LogP contribution in [0.2, 0.25) is 0 Å². The van der Waals surface area contributed by atoms with Crippen molar-refractivity contribution in [1.29, 1.82) is 0 Å². The fourth-order valence-corrected chi connectivity index (χ4v) is 1.50. The van der Waals surface area contributed by atoms with Gasteiger partial charge in [-0.25, -0.2) is 4.39 Å². The number of halogens is 2. The van der Waals surface area contributed by atoms with Crippen LogP contribution in [0.15, 0.2) is 24.3 Å². The van der Waals surface area contributed by atoms with Gasteiger partial charge in [0.1, 0.15) is 10.1 Å². The van der Waals surface area contributed by atoms with E-state index in [1.165, 1.54) is 19.2 Å². The van der Waals surface area contributed by atoms with Gasteiger partial charge >= 0.3 is 5.97 Å². The molecule has 0 heterocycles. The number of benzene rings is 1. The smallest absolute Gasteiger partial charge is 0.326 e. The van der Waals surface area contributed by atoms with E-state index in [1.807, 2.05) is 0 Å². The summed E-state index contributed by atoms with van der Waals surface area (Å²) in [6.45, 7) is 1.66. The second-order valence-electron chi connectivity index (χ2n) is 3.00. The third-order valence-electron chi connectivity index (χ3n) is 1.96. The zero-order valence-electron chi connectivity index (χ0n) is 7.88. The van der Waals surface area contributed by atoms with E-state index in [0.29, 0.717) is 5.56 Å². The second-order valence-corrected chi connectivity index (χ2v) is 4.59. The van der Waals surface area contributed by atoms with Crippen LogP contribution >= 0.6 is 15.9 Å². The summed E-state index contributed by atoms with van der Waals surface area (Å²) < 4.78 is 16.3. The molecule has 1 aromatic rings. The quantitative estimate of drug-likeness (QED) is 0.604. The molecule has 0 bridgehead atoms. The summed E-state index contributed by atoms with van der Waals surface area (Å²) in [7, 11) is 1.31. The summed E-state index contributed by atoms with van der Waals surface area (Å²) in [5, 5.41) is 0. The van der Waals surface area contributed by atoms with E-state index in [2.05, 4.69) is 20.7 Å². The third-order valence-corrected chi connectivity index (χ3v) is 2.74. The lowest BCUT2D eigenvalue weighted by molar-refractivity contribution is -0.143. The Bertz CT molecular complexity index is 332. The first-order valence-electron chi connectivity index (χ1n) is 4.02. The molecule has 0 radical (unpaired) electrons. The zero-order valence-corrected chi connectivity index (χ0v) is 9.47. The molecule has 76 valence electrons. The molecule has 0 aliphatic rings. The van der Waals surface area contributed by atoms with Crippen LogP contribution < -0.4 is 0 Å². The first-order valence-corrected chi connectivity index (χ1v) is 4.81. The maximum absolute atomic E-state index is 12.6. The van der Waals surface area contributed by atoms with E-state index in [-0.39, 0.29) is 5.82 Å². The molecule has 4 heteroatoms. The van der Waals surface area contributed by atoms with E-state index < -0.39 is 10.3 Å². The maximum Gasteiger partial charge on any atom is 0.326 e. The molecule has 0 N–H and O–H groups in total. The molecule has 0 saturated heterocycles. The molecule has 1 aromatic carbocycles. The summed E-state index contributed by atoms with van der Waals surface area (Å²) in [5.74, 6) is -0.744. The predicted molar refractivity (Wildman–Crippen MR) is 54.7 cm³/mol. The van der Waals surface area contributed by atoms with Crippen molar-refractivity contribution in [2.75, 3.05) is 7.11 Å². The van der Waals surface area contributed by atoms with Crippen molar-refractivity contribution >= 4 is 21.9 Å². The minimum absolute atomic E-state index is 0.332. The van der Waals surface area contributed by atoms with Crippen molar-refractivity contribution in [2.24, 2.45) is 0 Å². The van der Waals surface area contributed by atoms with Gasteiger partial charge in [-0.15, -0.1) is 0 Å². The van der Waals surface area contributed by atoms with Crippen molar-refractivity contribution in [3.05, 3.63) is 35.6 Å². The molecular weight excluding hydrogens is 251 g/mol. The van der Waals surface area contributed by atoms with Gasteiger partial charge in [0.2, 0.25) is 0 Å². The van der Waals surface area contributed by atoms with Crippen LogP contribution in [-0.2, 0) is 13.9 Å². The van der Waals surface area contributed by atoms with Gasteiger partial charge < -0.3 is 4.74 Å². The molecule has 14 heavy (non-hydrogen) atoms. The molecule has 0 amide bonds. The first-order chi connectivity index (χ1) is 6.48. The Morgan fingerprint density at radius 2 is 1.93 bits per heavy atom. The van der Waals surface area contributed by atoms with E-state index >= 15 is 0 Å². The average Bonchev–Trinajstić information content (AvgIpc) is 2.17. The van der Waals surface area contributed by atoms with Crippen LogP contribution in [0.25, 0.3) is 0 Å². The van der Waals surface area contributed by atoms with Gasteiger partial charge in [0.25, 0.3) is 0 Å². The zero-order chi connectivity index (χ0) is 10.8. The fourth-order valence-electron chi connectivity index (χ4n) is 1.07. The standard InChI is InChI=1S/C10H10BrFO2/c1-10(11,9(13)14-2)7-3-5-8(12)6-4-7/h3-6H,1-2H3/t10-/m0/s1. The van der Waals surface area contributed by atoms with Crippen LogP contribution in [0.1, 0.15) is 12.5 Å². The highest BCUT2D eigenvalue weighted by molar-refractivity contribution is 9.10. The minimum atomic E-state index is -0.921. The van der Waals surface area contributed by atoms with E-state index in [0.717, 1.165) is 0 Å². The van der Waals surface area contributed by atoms with Crippen LogP contribution in [0.3, 0.4) is 0 Å². The van der Waals surface area contributed by atoms with Crippen LogP contribution in [-0.4, -0.2) is 13.1 Å². The van der Waals surface area contributed by atoms with Crippen molar-refractivity contribution < 1.29 is 13.9 Å². The Kier molecular flexibility index (Phi) is 3.26. The Hall–Kier alpha value is -0.900. The predicted octanol–water partition coefficient (Wildman–Crippen LogP) is 2.61. The molecule has 0 spiro atoms. The Labute approximate surface area is 90.2 Å². The van der Waals surface area contributed by atoms with Gasteiger partial charge in [-0.05, 0) is 24.6 Å². The molecule has 0 aliphatic heterocycles. The molecule has 2 nitrogen and oxygen atoms in total. The number of hydrogen-bond donors (Lipinski definition) is 0. The number of esters is 1. The Balaban J connectivity index is 3.03. The fraction of sp³-hybridized carbons (Fsp3) is 0.300. The molecule has 1 rings (SSSR count). The van der Waals surface area contributed by atoms with Crippen molar-refractivity contribution in [1.82, 2.24) is 0 Å². The van der Waals surface area contributed by atoms with Crippen molar-refractivity contribution in [2.45, 2.75) is 11.2 Å². The number of methoxy groups -OCH3 is 1.